The molecule has 2 rings (SSSR count). The third-order valence-corrected chi connectivity index (χ3v) is 4.34. The van der Waals surface area contributed by atoms with Crippen molar-refractivity contribution in [1.82, 2.24) is 10.2 Å². The Morgan fingerprint density at radius 1 is 1.42 bits per heavy atom. The molecule has 0 aromatic heterocycles. The number of likely N-dealkylation sites (tertiary alicyclic amines) is 1. The summed E-state index contributed by atoms with van der Waals surface area (Å²) in [5, 5.41) is 4.07. The number of halogens is 2. The molecule has 1 aliphatic heterocycles. The van der Waals surface area contributed by atoms with Crippen LogP contribution in [0, 0.1) is 5.92 Å². The largest absolute Gasteiger partial charge is 0.489 e. The average Bonchev–Trinajstić information content (AvgIpc) is 3.05. The average molecular weight is 496 g/mol. The molecular weight excluding hydrogens is 465 g/mol. The number of ether oxygens (including phenoxy) is 2. The lowest BCUT2D eigenvalue weighted by atomic mass is 10.1. The third kappa shape index (κ3) is 7.88. The van der Waals surface area contributed by atoms with Gasteiger partial charge in [0.15, 0.2) is 5.96 Å². The molecule has 2 unspecified atom stereocenters. The number of nitrogens with zero attached hydrogens (tertiary/aromatic N) is 2. The molecule has 1 N–H and O–H groups in total. The maximum absolute atomic E-state index is 6.00. The summed E-state index contributed by atoms with van der Waals surface area (Å²) in [6.07, 6.45) is 1.13. The van der Waals surface area contributed by atoms with E-state index in [1.807, 2.05) is 38.1 Å². The first kappa shape index (κ1) is 23.3. The maximum atomic E-state index is 6.00. The number of guanidine groups is 1. The van der Waals surface area contributed by atoms with Crippen molar-refractivity contribution in [1.29, 1.82) is 0 Å². The molecule has 0 saturated carbocycles. The summed E-state index contributed by atoms with van der Waals surface area (Å²) in [6.45, 7) is 11.2. The molecule has 0 bridgehead atoms. The van der Waals surface area contributed by atoms with Gasteiger partial charge >= 0.3 is 0 Å². The number of hydrogen-bond acceptors (Lipinski definition) is 3. The summed E-state index contributed by atoms with van der Waals surface area (Å²) in [7, 11) is 0. The summed E-state index contributed by atoms with van der Waals surface area (Å²) in [6, 6.07) is 7.47. The van der Waals surface area contributed by atoms with Crippen LogP contribution in [0.1, 0.15) is 27.2 Å². The van der Waals surface area contributed by atoms with Gasteiger partial charge in [-0.1, -0.05) is 17.7 Å². The maximum Gasteiger partial charge on any atom is 0.194 e. The van der Waals surface area contributed by atoms with Crippen LogP contribution in [-0.4, -0.2) is 56.4 Å². The van der Waals surface area contributed by atoms with E-state index in [0.717, 1.165) is 51.0 Å². The van der Waals surface area contributed by atoms with Gasteiger partial charge in [-0.3, -0.25) is 0 Å². The van der Waals surface area contributed by atoms with Crippen molar-refractivity contribution in [2.45, 2.75) is 33.3 Å². The molecule has 0 spiro atoms. The predicted octanol–water partition coefficient (Wildman–Crippen LogP) is 4.05. The Balaban J connectivity index is 0.00000338. The van der Waals surface area contributed by atoms with Crippen molar-refractivity contribution in [2.75, 3.05) is 39.4 Å². The standard InChI is InChI=1S/C19H30ClN3O2.HI/c1-4-21-19(23-10-9-16(13-23)14-24-5-2)22-12-15(3)25-18-8-6-7-17(20)11-18;/h6-8,11,15-16H,4-5,9-10,12-14H2,1-3H3,(H,21,22);1H. The van der Waals surface area contributed by atoms with E-state index in [0.29, 0.717) is 17.5 Å². The van der Waals surface area contributed by atoms with Gasteiger partial charge in [0.05, 0.1) is 13.2 Å². The number of rotatable bonds is 8. The Labute approximate surface area is 179 Å². The molecule has 1 aliphatic rings. The predicted molar refractivity (Wildman–Crippen MR) is 119 cm³/mol. The molecule has 26 heavy (non-hydrogen) atoms. The summed E-state index contributed by atoms with van der Waals surface area (Å²) < 4.78 is 11.5. The lowest BCUT2D eigenvalue weighted by Gasteiger charge is -2.22. The van der Waals surface area contributed by atoms with Gasteiger partial charge in [-0.2, -0.15) is 0 Å². The van der Waals surface area contributed by atoms with E-state index in [2.05, 4.69) is 17.1 Å². The first-order valence-corrected chi connectivity index (χ1v) is 9.53. The van der Waals surface area contributed by atoms with Crippen molar-refractivity contribution in [2.24, 2.45) is 10.9 Å². The summed E-state index contributed by atoms with van der Waals surface area (Å²) in [5.41, 5.74) is 0. The van der Waals surface area contributed by atoms with Crippen LogP contribution >= 0.6 is 35.6 Å². The SMILES string of the molecule is CCNC(=NCC(C)Oc1cccc(Cl)c1)N1CCC(COCC)C1.I. The van der Waals surface area contributed by atoms with Gasteiger partial charge in [0.25, 0.3) is 0 Å². The smallest absolute Gasteiger partial charge is 0.194 e. The normalized spacial score (nSPS) is 18.4. The molecule has 0 radical (unpaired) electrons. The zero-order valence-corrected chi connectivity index (χ0v) is 19.0. The number of nitrogens with one attached hydrogen (secondary N) is 1. The van der Waals surface area contributed by atoms with Crippen molar-refractivity contribution >= 4 is 41.5 Å². The molecule has 1 saturated heterocycles. The topological polar surface area (TPSA) is 46.1 Å². The van der Waals surface area contributed by atoms with E-state index in [4.69, 9.17) is 26.1 Å². The Morgan fingerprint density at radius 3 is 2.92 bits per heavy atom. The van der Waals surface area contributed by atoms with Gasteiger partial charge in [0.2, 0.25) is 0 Å². The number of hydrogen-bond donors (Lipinski definition) is 1. The summed E-state index contributed by atoms with van der Waals surface area (Å²) in [5.74, 6) is 2.32. The molecule has 2 atom stereocenters. The highest BCUT2D eigenvalue weighted by atomic mass is 127. The van der Waals surface area contributed by atoms with Crippen LogP contribution in [0.4, 0.5) is 0 Å². The van der Waals surface area contributed by atoms with E-state index in [1.165, 1.54) is 0 Å². The monoisotopic (exact) mass is 495 g/mol. The summed E-state index contributed by atoms with van der Waals surface area (Å²) >= 11 is 6.00. The van der Waals surface area contributed by atoms with Crippen LogP contribution in [0.3, 0.4) is 0 Å². The van der Waals surface area contributed by atoms with Crippen LogP contribution in [0.15, 0.2) is 29.3 Å². The second-order valence-electron chi connectivity index (χ2n) is 6.34. The Morgan fingerprint density at radius 2 is 2.23 bits per heavy atom. The van der Waals surface area contributed by atoms with E-state index in [-0.39, 0.29) is 30.1 Å². The molecule has 1 heterocycles. The lowest BCUT2D eigenvalue weighted by Crippen LogP contribution is -2.41. The lowest BCUT2D eigenvalue weighted by molar-refractivity contribution is 0.114. The Kier molecular flexibility index (Phi) is 11.3. The molecule has 1 aromatic rings. The van der Waals surface area contributed by atoms with Crippen molar-refractivity contribution in [3.8, 4) is 5.75 Å². The van der Waals surface area contributed by atoms with Gasteiger partial charge in [-0.15, -0.1) is 24.0 Å². The first-order chi connectivity index (χ1) is 12.1. The third-order valence-electron chi connectivity index (χ3n) is 4.11. The molecular formula is C19H31ClIN3O2. The number of aliphatic imine (C=N–C) groups is 1. The fourth-order valence-electron chi connectivity index (χ4n) is 2.90. The quantitative estimate of drug-likeness (QED) is 0.336. The molecule has 1 fully saturated rings. The first-order valence-electron chi connectivity index (χ1n) is 9.15. The number of benzene rings is 1. The zero-order chi connectivity index (χ0) is 18.1. The highest BCUT2D eigenvalue weighted by Gasteiger charge is 2.25. The molecule has 7 heteroatoms. The fourth-order valence-corrected chi connectivity index (χ4v) is 3.08. The van der Waals surface area contributed by atoms with Gasteiger partial charge in [-0.05, 0) is 45.4 Å². The Bertz CT molecular complexity index is 559. The van der Waals surface area contributed by atoms with Gasteiger partial charge < -0.3 is 19.7 Å². The van der Waals surface area contributed by atoms with Crippen molar-refractivity contribution in [3.63, 3.8) is 0 Å². The fraction of sp³-hybridized carbons (Fsp3) is 0.632. The molecule has 5 nitrogen and oxygen atoms in total. The minimum atomic E-state index is -0.0195. The Hall–Kier alpha value is -0.730. The van der Waals surface area contributed by atoms with E-state index < -0.39 is 0 Å². The van der Waals surface area contributed by atoms with E-state index in [1.54, 1.807) is 0 Å². The molecule has 0 aliphatic carbocycles. The highest BCUT2D eigenvalue weighted by molar-refractivity contribution is 14.0. The molecule has 148 valence electrons. The molecule has 0 amide bonds. The van der Waals surface area contributed by atoms with Crippen LogP contribution in [0.5, 0.6) is 5.75 Å². The van der Waals surface area contributed by atoms with Gasteiger partial charge in [0, 0.05) is 37.2 Å². The van der Waals surface area contributed by atoms with Crippen molar-refractivity contribution < 1.29 is 9.47 Å². The van der Waals surface area contributed by atoms with Crippen molar-refractivity contribution in [3.05, 3.63) is 29.3 Å². The second-order valence-corrected chi connectivity index (χ2v) is 6.78. The summed E-state index contributed by atoms with van der Waals surface area (Å²) in [4.78, 5) is 7.08. The van der Waals surface area contributed by atoms with E-state index >= 15 is 0 Å². The van der Waals surface area contributed by atoms with Gasteiger partial charge in [-0.25, -0.2) is 4.99 Å². The van der Waals surface area contributed by atoms with Crippen LogP contribution in [0.2, 0.25) is 5.02 Å². The van der Waals surface area contributed by atoms with E-state index in [9.17, 15) is 0 Å². The van der Waals surface area contributed by atoms with Crippen LogP contribution in [0.25, 0.3) is 0 Å². The second kappa shape index (κ2) is 12.6. The zero-order valence-electron chi connectivity index (χ0n) is 15.9. The van der Waals surface area contributed by atoms with Crippen LogP contribution < -0.4 is 10.1 Å². The molecule has 1 aromatic carbocycles. The minimum Gasteiger partial charge on any atom is -0.489 e. The van der Waals surface area contributed by atoms with Crippen LogP contribution in [-0.2, 0) is 4.74 Å². The highest BCUT2D eigenvalue weighted by Crippen LogP contribution is 2.19. The van der Waals surface area contributed by atoms with Gasteiger partial charge in [0.1, 0.15) is 11.9 Å². The minimum absolute atomic E-state index is 0.